The van der Waals surface area contributed by atoms with E-state index in [1.54, 1.807) is 11.0 Å². The zero-order chi connectivity index (χ0) is 19.8. The number of hydrogen-bond donors (Lipinski definition) is 1. The molecule has 1 saturated heterocycles. The zero-order valence-electron chi connectivity index (χ0n) is 16.4. The Morgan fingerprint density at radius 1 is 1.29 bits per heavy atom. The van der Waals surface area contributed by atoms with E-state index in [1.807, 2.05) is 19.9 Å². The first kappa shape index (κ1) is 18.8. The maximum atomic E-state index is 13.6. The molecule has 2 aromatic rings. The van der Waals surface area contributed by atoms with Crippen molar-refractivity contribution in [2.75, 3.05) is 18.0 Å². The third-order valence-electron chi connectivity index (χ3n) is 5.57. The molecule has 6 nitrogen and oxygen atoms in total. The van der Waals surface area contributed by atoms with Crippen LogP contribution in [-0.2, 0) is 6.54 Å². The fraction of sp³-hybridized carbons (Fsp3) is 0.476. The van der Waals surface area contributed by atoms with Crippen molar-refractivity contribution in [2.45, 2.75) is 51.7 Å². The van der Waals surface area contributed by atoms with Crippen LogP contribution in [0.1, 0.15) is 46.7 Å². The van der Waals surface area contributed by atoms with Crippen LogP contribution in [0.15, 0.2) is 24.3 Å². The van der Waals surface area contributed by atoms with Crippen molar-refractivity contribution >= 4 is 11.7 Å². The van der Waals surface area contributed by atoms with E-state index in [1.165, 1.54) is 12.1 Å². The van der Waals surface area contributed by atoms with Gasteiger partial charge in [-0.1, -0.05) is 12.1 Å². The lowest BCUT2D eigenvalue weighted by Crippen LogP contribution is -2.35. The molecule has 7 heteroatoms. The molecule has 2 fully saturated rings. The van der Waals surface area contributed by atoms with Gasteiger partial charge in [-0.3, -0.25) is 4.79 Å². The number of carbonyl (C=O) groups is 1. The standard InChI is InChI=1S/C21H26FN5O/c1-13-14(2)24-19(25-20(13)26-9-8-17(23)12-26)21(28)27(18-6-7-18)11-15-4-3-5-16(22)10-15/h3-5,10,17-18H,6-9,11-12,23H2,1-2H3/t17-/m1/s1. The SMILES string of the molecule is Cc1nc(C(=O)N(Cc2cccc(F)c2)C2CC2)nc(N2CC[C@@H](N)C2)c1C. The smallest absolute Gasteiger partial charge is 0.292 e. The highest BCUT2D eigenvalue weighted by Gasteiger charge is 2.35. The van der Waals surface area contributed by atoms with Gasteiger partial charge < -0.3 is 15.5 Å². The average Bonchev–Trinajstić information content (AvgIpc) is 3.42. The summed E-state index contributed by atoms with van der Waals surface area (Å²) < 4.78 is 13.6. The molecule has 2 aliphatic rings. The summed E-state index contributed by atoms with van der Waals surface area (Å²) in [6.07, 6.45) is 2.83. The van der Waals surface area contributed by atoms with Crippen molar-refractivity contribution in [3.63, 3.8) is 0 Å². The second-order valence-corrected chi connectivity index (χ2v) is 7.87. The molecule has 148 valence electrons. The molecule has 1 aliphatic heterocycles. The largest absolute Gasteiger partial charge is 0.355 e. The molecule has 1 amide bonds. The maximum Gasteiger partial charge on any atom is 0.292 e. The van der Waals surface area contributed by atoms with Gasteiger partial charge >= 0.3 is 0 Å². The highest BCUT2D eigenvalue weighted by Crippen LogP contribution is 2.30. The Kier molecular flexibility index (Phi) is 5.02. The van der Waals surface area contributed by atoms with E-state index in [4.69, 9.17) is 5.73 Å². The van der Waals surface area contributed by atoms with Crippen LogP contribution in [0.2, 0.25) is 0 Å². The van der Waals surface area contributed by atoms with Gasteiger partial charge in [0.1, 0.15) is 11.6 Å². The number of benzene rings is 1. The molecule has 0 unspecified atom stereocenters. The van der Waals surface area contributed by atoms with Crippen molar-refractivity contribution < 1.29 is 9.18 Å². The van der Waals surface area contributed by atoms with Crippen molar-refractivity contribution in [1.82, 2.24) is 14.9 Å². The summed E-state index contributed by atoms with van der Waals surface area (Å²) in [7, 11) is 0. The van der Waals surface area contributed by atoms with Gasteiger partial charge in [0.2, 0.25) is 5.82 Å². The third-order valence-corrected chi connectivity index (χ3v) is 5.57. The van der Waals surface area contributed by atoms with Crippen LogP contribution in [0.3, 0.4) is 0 Å². The summed E-state index contributed by atoms with van der Waals surface area (Å²) in [5, 5.41) is 0. The Hall–Kier alpha value is -2.54. The Labute approximate surface area is 164 Å². The van der Waals surface area contributed by atoms with Crippen molar-refractivity contribution in [1.29, 1.82) is 0 Å². The predicted molar refractivity (Wildman–Crippen MR) is 106 cm³/mol. The summed E-state index contributed by atoms with van der Waals surface area (Å²) >= 11 is 0. The van der Waals surface area contributed by atoms with E-state index in [-0.39, 0.29) is 29.6 Å². The Morgan fingerprint density at radius 2 is 2.07 bits per heavy atom. The van der Waals surface area contributed by atoms with Gasteiger partial charge in [0.05, 0.1) is 0 Å². The number of hydrogen-bond acceptors (Lipinski definition) is 5. The summed E-state index contributed by atoms with van der Waals surface area (Å²) in [5.41, 5.74) is 8.61. The van der Waals surface area contributed by atoms with Crippen LogP contribution in [0.5, 0.6) is 0 Å². The minimum atomic E-state index is -0.296. The van der Waals surface area contributed by atoms with Gasteiger partial charge in [0, 0.05) is 43.0 Å². The number of halogens is 1. The molecule has 0 spiro atoms. The Bertz CT molecular complexity index is 898. The van der Waals surface area contributed by atoms with E-state index in [0.717, 1.165) is 55.0 Å². The first-order valence-corrected chi connectivity index (χ1v) is 9.83. The molecule has 1 aromatic heterocycles. The van der Waals surface area contributed by atoms with Gasteiger partial charge in [-0.15, -0.1) is 0 Å². The highest BCUT2D eigenvalue weighted by atomic mass is 19.1. The zero-order valence-corrected chi connectivity index (χ0v) is 16.4. The molecule has 1 saturated carbocycles. The number of anilines is 1. The van der Waals surface area contributed by atoms with Crippen LogP contribution >= 0.6 is 0 Å². The third kappa shape index (κ3) is 3.85. The van der Waals surface area contributed by atoms with Crippen molar-refractivity contribution in [3.8, 4) is 0 Å². The number of carbonyl (C=O) groups excluding carboxylic acids is 1. The quantitative estimate of drug-likeness (QED) is 0.859. The lowest BCUT2D eigenvalue weighted by atomic mass is 10.2. The van der Waals surface area contributed by atoms with Crippen LogP contribution in [-0.4, -0.2) is 45.9 Å². The molecule has 1 atom stereocenters. The highest BCUT2D eigenvalue weighted by molar-refractivity contribution is 5.91. The lowest BCUT2D eigenvalue weighted by molar-refractivity contribution is 0.0717. The minimum Gasteiger partial charge on any atom is -0.355 e. The second kappa shape index (κ2) is 7.47. The van der Waals surface area contributed by atoms with Crippen LogP contribution in [0, 0.1) is 19.7 Å². The monoisotopic (exact) mass is 383 g/mol. The first-order valence-electron chi connectivity index (χ1n) is 9.83. The first-order chi connectivity index (χ1) is 13.4. The van der Waals surface area contributed by atoms with Gasteiger partial charge in [-0.2, -0.15) is 0 Å². The number of rotatable bonds is 5. The van der Waals surface area contributed by atoms with Gasteiger partial charge in [0.25, 0.3) is 5.91 Å². The molecular weight excluding hydrogens is 357 g/mol. The summed E-state index contributed by atoms with van der Waals surface area (Å²) in [5.74, 6) is 0.516. The van der Waals surface area contributed by atoms with E-state index >= 15 is 0 Å². The molecule has 0 radical (unpaired) electrons. The van der Waals surface area contributed by atoms with Crippen LogP contribution < -0.4 is 10.6 Å². The fourth-order valence-corrected chi connectivity index (χ4v) is 3.71. The maximum absolute atomic E-state index is 13.6. The van der Waals surface area contributed by atoms with Crippen molar-refractivity contribution in [2.24, 2.45) is 5.73 Å². The lowest BCUT2D eigenvalue weighted by Gasteiger charge is -2.24. The molecular formula is C21H26FN5O. The number of aromatic nitrogens is 2. The van der Waals surface area contributed by atoms with Gasteiger partial charge in [-0.05, 0) is 50.8 Å². The molecule has 1 aromatic carbocycles. The molecule has 1 aliphatic carbocycles. The number of aryl methyl sites for hydroxylation is 1. The number of amides is 1. The summed E-state index contributed by atoms with van der Waals surface area (Å²) in [6, 6.07) is 6.69. The number of nitrogens with zero attached hydrogens (tertiary/aromatic N) is 4. The molecule has 2 heterocycles. The van der Waals surface area contributed by atoms with E-state index < -0.39 is 0 Å². The Morgan fingerprint density at radius 3 is 2.71 bits per heavy atom. The van der Waals surface area contributed by atoms with Crippen LogP contribution in [0.4, 0.5) is 10.2 Å². The van der Waals surface area contributed by atoms with Crippen molar-refractivity contribution in [3.05, 3.63) is 52.7 Å². The molecule has 28 heavy (non-hydrogen) atoms. The van der Waals surface area contributed by atoms with Crippen LogP contribution in [0.25, 0.3) is 0 Å². The predicted octanol–water partition coefficient (Wildman–Crippen LogP) is 2.57. The minimum absolute atomic E-state index is 0.129. The van der Waals surface area contributed by atoms with Gasteiger partial charge in [-0.25, -0.2) is 14.4 Å². The summed E-state index contributed by atoms with van der Waals surface area (Å²) in [4.78, 5) is 26.3. The second-order valence-electron chi connectivity index (χ2n) is 7.87. The van der Waals surface area contributed by atoms with E-state index in [2.05, 4.69) is 14.9 Å². The molecule has 2 N–H and O–H groups in total. The average molecular weight is 383 g/mol. The van der Waals surface area contributed by atoms with Gasteiger partial charge in [0.15, 0.2) is 0 Å². The summed E-state index contributed by atoms with van der Waals surface area (Å²) in [6.45, 7) is 5.82. The molecule has 4 rings (SSSR count). The normalized spacial score (nSPS) is 19.1. The van der Waals surface area contributed by atoms with E-state index in [9.17, 15) is 9.18 Å². The number of nitrogens with two attached hydrogens (primary N) is 1. The molecule has 0 bridgehead atoms. The fourth-order valence-electron chi connectivity index (χ4n) is 3.71. The Balaban J connectivity index is 1.63. The topological polar surface area (TPSA) is 75.4 Å². The van der Waals surface area contributed by atoms with E-state index in [0.29, 0.717) is 6.54 Å².